The Morgan fingerprint density at radius 2 is 1.38 bits per heavy atom. The van der Waals surface area contributed by atoms with Crippen LogP contribution < -0.4 is 0 Å². The molecule has 0 amide bonds. The fraction of sp³-hybridized carbons (Fsp3) is 0.778. The molecule has 0 spiro atoms. The third kappa shape index (κ3) is 9.64. The SMILES string of the molecule is CCCCCCc1ccc(C2CCC(OCCC[Si](OCC)(OCC)OCC)CC2)cc1. The average Bonchev–Trinajstić information content (AvgIpc) is 2.81. The summed E-state index contributed by atoms with van der Waals surface area (Å²) in [6, 6.07) is 10.3. The molecule has 5 heteroatoms. The van der Waals surface area contributed by atoms with E-state index in [1.807, 2.05) is 20.8 Å². The van der Waals surface area contributed by atoms with Gasteiger partial charge in [0.1, 0.15) is 0 Å². The number of hydrogen-bond acceptors (Lipinski definition) is 4. The van der Waals surface area contributed by atoms with Gasteiger partial charge in [-0.1, -0.05) is 50.5 Å². The van der Waals surface area contributed by atoms with Gasteiger partial charge in [0.05, 0.1) is 6.10 Å². The second-order valence-electron chi connectivity index (χ2n) is 8.98. The first-order chi connectivity index (χ1) is 15.7. The lowest BCUT2D eigenvalue weighted by Crippen LogP contribution is -2.46. The molecule has 1 aliphatic rings. The molecule has 0 saturated heterocycles. The van der Waals surface area contributed by atoms with Crippen LogP contribution in [0.5, 0.6) is 0 Å². The Morgan fingerprint density at radius 3 is 1.94 bits per heavy atom. The summed E-state index contributed by atoms with van der Waals surface area (Å²) in [7, 11) is -2.54. The maximum Gasteiger partial charge on any atom is 0.501 e. The zero-order chi connectivity index (χ0) is 23.1. The molecule has 0 bridgehead atoms. The predicted octanol–water partition coefficient (Wildman–Crippen LogP) is 7.29. The van der Waals surface area contributed by atoms with Crippen LogP contribution in [-0.4, -0.2) is 41.3 Å². The van der Waals surface area contributed by atoms with E-state index in [9.17, 15) is 0 Å². The van der Waals surface area contributed by atoms with Crippen LogP contribution in [0.4, 0.5) is 0 Å². The van der Waals surface area contributed by atoms with Crippen molar-refractivity contribution >= 4 is 8.80 Å². The molecule has 0 heterocycles. The van der Waals surface area contributed by atoms with Gasteiger partial charge in [0.2, 0.25) is 0 Å². The van der Waals surface area contributed by atoms with E-state index in [1.54, 1.807) is 0 Å². The molecular weight excluding hydrogens is 416 g/mol. The number of ether oxygens (including phenoxy) is 1. The van der Waals surface area contributed by atoms with Gasteiger partial charge in [0.25, 0.3) is 0 Å². The van der Waals surface area contributed by atoms with Crippen LogP contribution in [0.1, 0.15) is 103 Å². The van der Waals surface area contributed by atoms with E-state index in [4.69, 9.17) is 18.0 Å². The number of benzene rings is 1. The van der Waals surface area contributed by atoms with Crippen molar-refractivity contribution in [1.29, 1.82) is 0 Å². The lowest BCUT2D eigenvalue weighted by molar-refractivity contribution is 0.0202. The normalized spacial score (nSPS) is 19.4. The Kier molecular flexibility index (Phi) is 13.8. The van der Waals surface area contributed by atoms with Gasteiger partial charge in [0, 0.05) is 32.5 Å². The van der Waals surface area contributed by atoms with Crippen molar-refractivity contribution in [2.45, 2.75) is 110 Å². The summed E-state index contributed by atoms with van der Waals surface area (Å²) in [4.78, 5) is 0. The van der Waals surface area contributed by atoms with Gasteiger partial charge in [0.15, 0.2) is 0 Å². The predicted molar refractivity (Wildman–Crippen MR) is 135 cm³/mol. The number of aryl methyl sites for hydroxylation is 1. The van der Waals surface area contributed by atoms with E-state index in [1.165, 1.54) is 56.1 Å². The molecule has 1 aliphatic carbocycles. The Hall–Kier alpha value is -0.723. The van der Waals surface area contributed by atoms with E-state index >= 15 is 0 Å². The van der Waals surface area contributed by atoms with Gasteiger partial charge in [-0.2, -0.15) is 0 Å². The highest BCUT2D eigenvalue weighted by atomic mass is 28.4. The highest BCUT2D eigenvalue weighted by Gasteiger charge is 2.39. The quantitative estimate of drug-likeness (QED) is 0.179. The summed E-state index contributed by atoms with van der Waals surface area (Å²) in [6.07, 6.45) is 12.7. The molecule has 0 atom stereocenters. The fourth-order valence-corrected chi connectivity index (χ4v) is 7.39. The monoisotopic (exact) mass is 464 g/mol. The summed E-state index contributed by atoms with van der Waals surface area (Å²) in [5, 5.41) is 0. The lowest BCUT2D eigenvalue weighted by atomic mass is 9.82. The molecule has 32 heavy (non-hydrogen) atoms. The minimum Gasteiger partial charge on any atom is -0.378 e. The first-order valence-electron chi connectivity index (χ1n) is 13.3. The van der Waals surface area contributed by atoms with Gasteiger partial charge >= 0.3 is 8.80 Å². The van der Waals surface area contributed by atoms with E-state index in [-0.39, 0.29) is 0 Å². The van der Waals surface area contributed by atoms with Gasteiger partial charge in [-0.3, -0.25) is 0 Å². The molecule has 0 radical (unpaired) electrons. The molecule has 1 saturated carbocycles. The van der Waals surface area contributed by atoms with E-state index in [2.05, 4.69) is 31.2 Å². The maximum atomic E-state index is 6.24. The summed E-state index contributed by atoms with van der Waals surface area (Å²) in [5.74, 6) is 0.693. The summed E-state index contributed by atoms with van der Waals surface area (Å²) >= 11 is 0. The Morgan fingerprint density at radius 1 is 0.750 bits per heavy atom. The first-order valence-corrected chi connectivity index (χ1v) is 15.2. The zero-order valence-corrected chi connectivity index (χ0v) is 22.2. The van der Waals surface area contributed by atoms with Crippen molar-refractivity contribution in [3.8, 4) is 0 Å². The molecule has 1 aromatic carbocycles. The minimum atomic E-state index is -2.54. The van der Waals surface area contributed by atoms with Crippen LogP contribution in [0, 0.1) is 0 Å². The Balaban J connectivity index is 1.68. The highest BCUT2D eigenvalue weighted by molar-refractivity contribution is 6.60. The topological polar surface area (TPSA) is 36.9 Å². The van der Waals surface area contributed by atoms with Crippen molar-refractivity contribution in [2.24, 2.45) is 0 Å². The van der Waals surface area contributed by atoms with Gasteiger partial charge in [-0.05, 0) is 82.8 Å². The Labute approximate surface area is 198 Å². The number of unbranched alkanes of at least 4 members (excludes halogenated alkanes) is 3. The second-order valence-corrected chi connectivity index (χ2v) is 11.7. The van der Waals surface area contributed by atoms with Crippen molar-refractivity contribution < 1.29 is 18.0 Å². The largest absolute Gasteiger partial charge is 0.501 e. The molecular formula is C27H48O4Si. The second kappa shape index (κ2) is 16.0. The molecule has 0 aromatic heterocycles. The maximum absolute atomic E-state index is 6.24. The summed E-state index contributed by atoms with van der Waals surface area (Å²) in [5.41, 5.74) is 3.01. The Bertz CT molecular complexity index is 567. The standard InChI is InChI=1S/C27H48O4Si/c1-5-9-10-11-13-24-14-16-25(17-15-24)26-18-20-27(21-19-26)28-22-12-23-32(29-6-2,30-7-3)31-8-4/h14-17,26-27H,5-13,18-23H2,1-4H3. The average molecular weight is 465 g/mol. The van der Waals surface area contributed by atoms with Gasteiger partial charge in [-0.25, -0.2) is 0 Å². The van der Waals surface area contributed by atoms with E-state index in [0.29, 0.717) is 31.8 Å². The fourth-order valence-electron chi connectivity index (χ4n) is 4.82. The van der Waals surface area contributed by atoms with Crippen LogP contribution in [0.15, 0.2) is 24.3 Å². The van der Waals surface area contributed by atoms with Crippen molar-refractivity contribution in [2.75, 3.05) is 26.4 Å². The number of hydrogen-bond donors (Lipinski definition) is 0. The first kappa shape index (κ1) is 27.5. The smallest absolute Gasteiger partial charge is 0.378 e. The van der Waals surface area contributed by atoms with E-state index in [0.717, 1.165) is 31.9 Å². The molecule has 1 fully saturated rings. The summed E-state index contributed by atoms with van der Waals surface area (Å²) < 4.78 is 24.1. The van der Waals surface area contributed by atoms with Crippen molar-refractivity contribution in [3.63, 3.8) is 0 Å². The summed E-state index contributed by atoms with van der Waals surface area (Å²) in [6.45, 7) is 11.0. The molecule has 0 N–H and O–H groups in total. The van der Waals surface area contributed by atoms with Crippen LogP contribution in [-0.2, 0) is 24.4 Å². The van der Waals surface area contributed by atoms with Gasteiger partial charge in [-0.15, -0.1) is 0 Å². The third-order valence-electron chi connectivity index (χ3n) is 6.52. The zero-order valence-electron chi connectivity index (χ0n) is 21.2. The molecule has 0 aliphatic heterocycles. The molecule has 4 nitrogen and oxygen atoms in total. The van der Waals surface area contributed by atoms with Crippen LogP contribution in [0.25, 0.3) is 0 Å². The van der Waals surface area contributed by atoms with Crippen LogP contribution >= 0.6 is 0 Å². The van der Waals surface area contributed by atoms with Crippen molar-refractivity contribution in [1.82, 2.24) is 0 Å². The van der Waals surface area contributed by atoms with Gasteiger partial charge < -0.3 is 18.0 Å². The van der Waals surface area contributed by atoms with Crippen LogP contribution in [0.2, 0.25) is 6.04 Å². The molecule has 184 valence electrons. The molecule has 1 aromatic rings. The van der Waals surface area contributed by atoms with Crippen molar-refractivity contribution in [3.05, 3.63) is 35.4 Å². The van der Waals surface area contributed by atoms with Crippen LogP contribution in [0.3, 0.4) is 0 Å². The van der Waals surface area contributed by atoms with E-state index < -0.39 is 8.80 Å². The number of rotatable bonds is 17. The molecule has 2 rings (SSSR count). The lowest BCUT2D eigenvalue weighted by Gasteiger charge is -2.30. The highest BCUT2D eigenvalue weighted by Crippen LogP contribution is 2.34. The molecule has 0 unspecified atom stereocenters. The minimum absolute atomic E-state index is 0.395. The third-order valence-corrected chi connectivity index (χ3v) is 9.67.